The molecule has 1 rings (SSSR count). The number of aliphatic hydroxyl groups is 1. The first-order valence-corrected chi connectivity index (χ1v) is 13.1. The molecule has 1 aromatic carbocycles. The number of rotatable bonds is 13. The highest BCUT2D eigenvalue weighted by Crippen LogP contribution is 2.16. The van der Waals surface area contributed by atoms with Gasteiger partial charge in [0.05, 0.1) is 5.71 Å². The SMILES string of the molecule is C/C=C(/C)C(/C=C\N)=NCC(=O)NCc1ccc(CC(CC)CCNC(C)C)cc1.CC.CCO.[HH].[HH]. The topological polar surface area (TPSA) is 99.7 Å². The molecule has 0 heterocycles. The van der Waals surface area contributed by atoms with Crippen LogP contribution in [0.25, 0.3) is 0 Å². The lowest BCUT2D eigenvalue weighted by Crippen LogP contribution is -2.26. The van der Waals surface area contributed by atoms with Crippen molar-refractivity contribution >= 4 is 11.6 Å². The number of benzene rings is 1. The average molecular weight is 493 g/mol. The summed E-state index contributed by atoms with van der Waals surface area (Å²) in [5, 5.41) is 14.0. The van der Waals surface area contributed by atoms with Crippen LogP contribution in [0, 0.1) is 5.92 Å². The molecule has 0 bridgehead atoms. The van der Waals surface area contributed by atoms with Crippen LogP contribution in [0.5, 0.6) is 0 Å². The number of nitrogens with zero attached hydrogens (tertiary/aromatic N) is 1. The Kier molecular flexibility index (Phi) is 23.1. The molecule has 6 heteroatoms. The van der Waals surface area contributed by atoms with Gasteiger partial charge in [0.2, 0.25) is 5.91 Å². The maximum atomic E-state index is 12.1. The van der Waals surface area contributed by atoms with Gasteiger partial charge in [-0.15, -0.1) is 0 Å². The van der Waals surface area contributed by atoms with E-state index in [4.69, 9.17) is 10.8 Å². The Labute approximate surface area is 218 Å². The molecule has 1 amide bonds. The first-order chi connectivity index (χ1) is 16.8. The minimum Gasteiger partial charge on any atom is -0.405 e. The molecule has 5 N–H and O–H groups in total. The Bertz CT molecular complexity index is 749. The van der Waals surface area contributed by atoms with E-state index in [1.54, 1.807) is 13.0 Å². The van der Waals surface area contributed by atoms with Crippen LogP contribution in [0.2, 0.25) is 0 Å². The minimum atomic E-state index is -0.102. The standard InChI is InChI=1S/C25H40N4O.C2H6O.C2H6.2H2/c1-6-20(5)24(12-14-26)28-18-25(30)29-17-23-10-8-22(9-11-23)16-21(7-2)13-15-27-19(3)4;1-2-3;1-2;;/h6,8-12,14,19,21,27H,7,13,15-18,26H2,1-5H3,(H,29,30);3H,2H2,1H3;1-2H3;2*1H/b14-12-,20-6-,28-24?;;;;. The van der Waals surface area contributed by atoms with Gasteiger partial charge in [-0.25, -0.2) is 0 Å². The van der Waals surface area contributed by atoms with Crippen LogP contribution in [-0.4, -0.2) is 42.5 Å². The molecular formula is C29H56N4O2. The number of amides is 1. The smallest absolute Gasteiger partial charge is 0.241 e. The predicted molar refractivity (Wildman–Crippen MR) is 157 cm³/mol. The fourth-order valence-corrected chi connectivity index (χ4v) is 3.11. The Balaban J connectivity index is -0.000000722. The van der Waals surface area contributed by atoms with E-state index in [2.05, 4.69) is 60.7 Å². The number of aliphatic imine (C=N–C) groups is 1. The van der Waals surface area contributed by atoms with Gasteiger partial charge in [-0.05, 0) is 75.1 Å². The summed E-state index contributed by atoms with van der Waals surface area (Å²) in [6.45, 7) is 18.1. The van der Waals surface area contributed by atoms with Crippen molar-refractivity contribution in [3.63, 3.8) is 0 Å². The normalized spacial score (nSPS) is 12.5. The molecule has 0 aliphatic heterocycles. The van der Waals surface area contributed by atoms with Gasteiger partial charge in [0.1, 0.15) is 6.54 Å². The predicted octanol–water partition coefficient (Wildman–Crippen LogP) is 5.66. The largest absolute Gasteiger partial charge is 0.405 e. The Hall–Kier alpha value is -2.44. The molecule has 1 atom stereocenters. The van der Waals surface area contributed by atoms with E-state index < -0.39 is 0 Å². The molecule has 1 aromatic rings. The number of carbonyl (C=O) groups excluding carboxylic acids is 1. The van der Waals surface area contributed by atoms with Gasteiger partial charge in [-0.2, -0.15) is 0 Å². The highest BCUT2D eigenvalue weighted by Gasteiger charge is 2.08. The molecular weight excluding hydrogens is 436 g/mol. The summed E-state index contributed by atoms with van der Waals surface area (Å²) >= 11 is 0. The van der Waals surface area contributed by atoms with Crippen molar-refractivity contribution in [2.24, 2.45) is 16.6 Å². The zero-order valence-corrected chi connectivity index (χ0v) is 23.5. The van der Waals surface area contributed by atoms with Crippen molar-refractivity contribution in [1.82, 2.24) is 10.6 Å². The molecule has 35 heavy (non-hydrogen) atoms. The van der Waals surface area contributed by atoms with E-state index in [-0.39, 0.29) is 21.9 Å². The molecule has 204 valence electrons. The average Bonchev–Trinajstić information content (AvgIpc) is 2.86. The number of aliphatic hydroxyl groups excluding tert-OH is 1. The second kappa shape index (κ2) is 23.3. The number of nitrogens with two attached hydrogens (primary N) is 1. The molecule has 0 saturated carbocycles. The van der Waals surface area contributed by atoms with Crippen molar-refractivity contribution in [3.05, 3.63) is 59.3 Å². The van der Waals surface area contributed by atoms with Crippen molar-refractivity contribution in [2.75, 3.05) is 19.7 Å². The molecule has 0 aliphatic carbocycles. The molecule has 0 aromatic heterocycles. The summed E-state index contributed by atoms with van der Waals surface area (Å²) in [5.74, 6) is 0.589. The molecule has 0 aliphatic rings. The van der Waals surface area contributed by atoms with E-state index in [1.165, 1.54) is 24.6 Å². The zero-order valence-electron chi connectivity index (χ0n) is 23.5. The Morgan fingerprint density at radius 1 is 1.17 bits per heavy atom. The number of nitrogens with one attached hydrogen (secondary N) is 2. The lowest BCUT2D eigenvalue weighted by Gasteiger charge is -2.17. The summed E-state index contributed by atoms with van der Waals surface area (Å²) in [7, 11) is 0. The summed E-state index contributed by atoms with van der Waals surface area (Å²) in [5.41, 5.74) is 9.63. The minimum absolute atomic E-state index is 0. The zero-order chi connectivity index (χ0) is 27.1. The van der Waals surface area contributed by atoms with Gasteiger partial charge in [0, 0.05) is 22.0 Å². The molecule has 0 spiro atoms. The van der Waals surface area contributed by atoms with Crippen LogP contribution >= 0.6 is 0 Å². The third kappa shape index (κ3) is 18.5. The van der Waals surface area contributed by atoms with Crippen molar-refractivity contribution in [2.45, 2.75) is 87.2 Å². The lowest BCUT2D eigenvalue weighted by molar-refractivity contribution is -0.119. The molecule has 0 radical (unpaired) electrons. The van der Waals surface area contributed by atoms with Crippen LogP contribution in [0.4, 0.5) is 0 Å². The van der Waals surface area contributed by atoms with Gasteiger partial charge in [0.15, 0.2) is 0 Å². The van der Waals surface area contributed by atoms with Gasteiger partial charge in [-0.1, -0.05) is 71.4 Å². The first-order valence-electron chi connectivity index (χ1n) is 13.1. The fraction of sp³-hybridized carbons (Fsp3) is 0.586. The monoisotopic (exact) mass is 492 g/mol. The number of hydrogen-bond donors (Lipinski definition) is 4. The third-order valence-electron chi connectivity index (χ3n) is 5.20. The second-order valence-corrected chi connectivity index (χ2v) is 8.32. The molecule has 0 saturated heterocycles. The number of hydrogen-bond acceptors (Lipinski definition) is 5. The van der Waals surface area contributed by atoms with Gasteiger partial charge in [-0.3, -0.25) is 9.79 Å². The fourth-order valence-electron chi connectivity index (χ4n) is 3.11. The van der Waals surface area contributed by atoms with E-state index in [0.29, 0.717) is 18.5 Å². The summed E-state index contributed by atoms with van der Waals surface area (Å²) in [4.78, 5) is 16.5. The quantitative estimate of drug-likeness (QED) is 0.267. The lowest BCUT2D eigenvalue weighted by atomic mass is 9.93. The van der Waals surface area contributed by atoms with Gasteiger partial charge >= 0.3 is 0 Å². The second-order valence-electron chi connectivity index (χ2n) is 8.32. The summed E-state index contributed by atoms with van der Waals surface area (Å²) in [6.07, 6.45) is 8.58. The maximum Gasteiger partial charge on any atom is 0.241 e. The molecule has 1 unspecified atom stereocenters. The van der Waals surface area contributed by atoms with Crippen molar-refractivity contribution in [1.29, 1.82) is 0 Å². The van der Waals surface area contributed by atoms with Gasteiger partial charge in [0.25, 0.3) is 0 Å². The summed E-state index contributed by atoms with van der Waals surface area (Å²) < 4.78 is 0. The highest BCUT2D eigenvalue weighted by molar-refractivity contribution is 6.08. The maximum absolute atomic E-state index is 12.1. The van der Waals surface area contributed by atoms with E-state index in [1.807, 2.05) is 33.8 Å². The van der Waals surface area contributed by atoms with Crippen molar-refractivity contribution < 1.29 is 12.8 Å². The van der Waals surface area contributed by atoms with Crippen LogP contribution in [0.1, 0.15) is 82.2 Å². The van der Waals surface area contributed by atoms with Crippen LogP contribution in [-0.2, 0) is 17.8 Å². The highest BCUT2D eigenvalue weighted by atomic mass is 16.2. The van der Waals surface area contributed by atoms with E-state index >= 15 is 0 Å². The summed E-state index contributed by atoms with van der Waals surface area (Å²) in [6, 6.07) is 9.10. The first kappa shape index (κ1) is 34.7. The van der Waals surface area contributed by atoms with Crippen LogP contribution in [0.15, 0.2) is 53.2 Å². The van der Waals surface area contributed by atoms with Crippen LogP contribution < -0.4 is 16.4 Å². The Morgan fingerprint density at radius 2 is 1.74 bits per heavy atom. The van der Waals surface area contributed by atoms with E-state index in [0.717, 1.165) is 29.8 Å². The van der Waals surface area contributed by atoms with Gasteiger partial charge < -0.3 is 21.5 Å². The van der Waals surface area contributed by atoms with E-state index in [9.17, 15) is 4.79 Å². The third-order valence-corrected chi connectivity index (χ3v) is 5.20. The Morgan fingerprint density at radius 3 is 2.23 bits per heavy atom. The number of carbonyl (C=O) groups is 1. The van der Waals surface area contributed by atoms with Crippen LogP contribution in [0.3, 0.4) is 0 Å². The number of allylic oxidation sites excluding steroid dienone is 3. The van der Waals surface area contributed by atoms with Crippen molar-refractivity contribution in [3.8, 4) is 0 Å². The molecule has 0 fully saturated rings. The molecule has 6 nitrogen and oxygen atoms in total.